The van der Waals surface area contributed by atoms with E-state index in [0.29, 0.717) is 59.9 Å². The number of H-pyrrole nitrogens is 1. The number of nitrogens with one attached hydrogen (secondary N) is 2. The van der Waals surface area contributed by atoms with Gasteiger partial charge in [-0.25, -0.2) is 9.18 Å². The molecule has 0 saturated carbocycles. The minimum atomic E-state index is -0.526. The van der Waals surface area contributed by atoms with Crippen molar-refractivity contribution in [1.29, 1.82) is 0 Å². The molecule has 43 heavy (non-hydrogen) atoms. The van der Waals surface area contributed by atoms with Gasteiger partial charge in [-0.3, -0.25) is 9.56 Å². The van der Waals surface area contributed by atoms with Crippen molar-refractivity contribution in [2.45, 2.75) is 46.1 Å². The highest BCUT2D eigenvalue weighted by atomic mass is 35.5. The largest absolute Gasteiger partial charge is 0.388 e. The van der Waals surface area contributed by atoms with Crippen molar-refractivity contribution >= 4 is 28.5 Å². The van der Waals surface area contributed by atoms with Crippen LogP contribution in [0.2, 0.25) is 5.02 Å². The first-order valence-electron chi connectivity index (χ1n) is 14.4. The number of halogens is 2. The molecule has 0 radical (unpaired) electrons. The third-order valence-corrected chi connectivity index (χ3v) is 7.80. The molecule has 4 rings (SSSR count). The second-order valence-corrected chi connectivity index (χ2v) is 12.0. The molecular formula is C32H41ClFN7O2. The zero-order valence-corrected chi connectivity index (χ0v) is 26.0. The first kappa shape index (κ1) is 32.3. The number of rotatable bonds is 14. The highest BCUT2D eigenvalue weighted by Gasteiger charge is 2.19. The second-order valence-electron chi connectivity index (χ2n) is 11.6. The summed E-state index contributed by atoms with van der Waals surface area (Å²) in [6.07, 6.45) is 4.10. The number of benzene rings is 2. The zero-order chi connectivity index (χ0) is 31.1. The smallest absolute Gasteiger partial charge is 0.354 e. The summed E-state index contributed by atoms with van der Waals surface area (Å²) in [6, 6.07) is 12.9. The summed E-state index contributed by atoms with van der Waals surface area (Å²) in [5.41, 5.74) is 14.8. The van der Waals surface area contributed by atoms with E-state index >= 15 is 4.39 Å². The van der Waals surface area contributed by atoms with Crippen LogP contribution in [0.3, 0.4) is 0 Å². The van der Waals surface area contributed by atoms with Crippen molar-refractivity contribution in [3.05, 3.63) is 81.1 Å². The maximum Gasteiger partial charge on any atom is 0.354 e. The lowest BCUT2D eigenvalue weighted by Crippen LogP contribution is -2.27. The van der Waals surface area contributed by atoms with E-state index in [9.17, 15) is 4.79 Å². The topological polar surface area (TPSA) is 136 Å². The molecule has 0 amide bonds. The Morgan fingerprint density at radius 2 is 2.00 bits per heavy atom. The normalized spacial score (nSPS) is 13.1. The molecule has 0 fully saturated rings. The molecule has 9 nitrogen and oxygen atoms in total. The van der Waals surface area contributed by atoms with Gasteiger partial charge in [0.05, 0.1) is 34.9 Å². The van der Waals surface area contributed by atoms with Gasteiger partial charge in [0.2, 0.25) is 0 Å². The molecule has 230 valence electrons. The number of amidine groups is 1. The maximum atomic E-state index is 15.2. The Balaban J connectivity index is 1.57. The molecule has 1 atom stereocenters. The Hall–Kier alpha value is -3.57. The summed E-state index contributed by atoms with van der Waals surface area (Å²) in [5.74, 6) is 0.0501. The quantitative estimate of drug-likeness (QED) is 0.0888. The van der Waals surface area contributed by atoms with Crippen LogP contribution in [-0.2, 0) is 11.2 Å². The number of ether oxygens (including phenoxy) is 1. The van der Waals surface area contributed by atoms with Gasteiger partial charge in [-0.05, 0) is 86.1 Å². The average molecular weight is 610 g/mol. The number of hydrogen-bond donors (Lipinski definition) is 4. The van der Waals surface area contributed by atoms with Crippen LogP contribution >= 0.6 is 11.6 Å². The van der Waals surface area contributed by atoms with E-state index in [4.69, 9.17) is 27.8 Å². The summed E-state index contributed by atoms with van der Waals surface area (Å²) in [7, 11) is 1.66. The lowest BCUT2D eigenvalue weighted by atomic mass is 9.86. The molecule has 4 aromatic rings. The fourth-order valence-electron chi connectivity index (χ4n) is 4.81. The summed E-state index contributed by atoms with van der Waals surface area (Å²) < 4.78 is 22.1. The number of methoxy groups -OCH3 is 1. The van der Waals surface area contributed by atoms with Gasteiger partial charge in [0.15, 0.2) is 5.82 Å². The van der Waals surface area contributed by atoms with Crippen molar-refractivity contribution in [2.24, 2.45) is 21.9 Å². The lowest BCUT2D eigenvalue weighted by molar-refractivity contribution is 0.167. The van der Waals surface area contributed by atoms with Crippen LogP contribution in [0.25, 0.3) is 28.0 Å². The van der Waals surface area contributed by atoms with Gasteiger partial charge in [0.1, 0.15) is 5.65 Å². The molecular weight excluding hydrogens is 569 g/mol. The van der Waals surface area contributed by atoms with Crippen molar-refractivity contribution < 1.29 is 9.13 Å². The molecule has 1 unspecified atom stereocenters. The Morgan fingerprint density at radius 1 is 1.26 bits per heavy atom. The van der Waals surface area contributed by atoms with E-state index in [0.717, 1.165) is 30.5 Å². The van der Waals surface area contributed by atoms with Gasteiger partial charge in [-0.15, -0.1) is 0 Å². The summed E-state index contributed by atoms with van der Waals surface area (Å²) in [4.78, 5) is 24.6. The molecule has 0 aliphatic heterocycles. The number of aromatic amines is 1. The molecule has 0 aliphatic carbocycles. The third-order valence-electron chi connectivity index (χ3n) is 7.52. The van der Waals surface area contributed by atoms with Crippen molar-refractivity contribution in [2.75, 3.05) is 33.4 Å². The number of nitrogens with zero attached hydrogens (tertiary/aromatic N) is 3. The Morgan fingerprint density at radius 3 is 2.67 bits per heavy atom. The summed E-state index contributed by atoms with van der Waals surface area (Å²) >= 11 is 6.28. The van der Waals surface area contributed by atoms with Crippen LogP contribution in [0.4, 0.5) is 4.39 Å². The van der Waals surface area contributed by atoms with E-state index in [-0.39, 0.29) is 16.5 Å². The van der Waals surface area contributed by atoms with E-state index in [2.05, 4.69) is 34.1 Å². The Kier molecular flexibility index (Phi) is 10.7. The van der Waals surface area contributed by atoms with Crippen molar-refractivity contribution in [3.8, 4) is 16.9 Å². The lowest BCUT2D eigenvalue weighted by Gasteiger charge is -2.22. The highest BCUT2D eigenvalue weighted by molar-refractivity contribution is 6.31. The van der Waals surface area contributed by atoms with Crippen LogP contribution in [0, 0.1) is 11.2 Å². The molecule has 2 heterocycles. The molecule has 6 N–H and O–H groups in total. The predicted octanol–water partition coefficient (Wildman–Crippen LogP) is 5.14. The fourth-order valence-corrected chi connectivity index (χ4v) is 5.05. The molecule has 0 bridgehead atoms. The first-order chi connectivity index (χ1) is 20.5. The number of hydrogen-bond acceptors (Lipinski definition) is 6. The molecule has 0 spiro atoms. The summed E-state index contributed by atoms with van der Waals surface area (Å²) in [5, 5.41) is 4.20. The van der Waals surface area contributed by atoms with E-state index in [1.165, 1.54) is 4.57 Å². The molecule has 0 aliphatic rings. The van der Waals surface area contributed by atoms with E-state index in [1.54, 1.807) is 38.4 Å². The van der Waals surface area contributed by atoms with Crippen LogP contribution in [0.15, 0.2) is 58.4 Å². The highest BCUT2D eigenvalue weighted by Crippen LogP contribution is 2.32. The number of aliphatic imine (C=N–C) groups is 1. The van der Waals surface area contributed by atoms with Crippen molar-refractivity contribution in [1.82, 2.24) is 19.9 Å². The number of aryl methyl sites for hydroxylation is 1. The maximum absolute atomic E-state index is 15.2. The zero-order valence-electron chi connectivity index (χ0n) is 25.2. The number of aromatic nitrogens is 3. The monoisotopic (exact) mass is 609 g/mol. The van der Waals surface area contributed by atoms with Gasteiger partial charge in [-0.2, -0.15) is 4.98 Å². The van der Waals surface area contributed by atoms with Gasteiger partial charge in [-0.1, -0.05) is 37.6 Å². The molecule has 2 aromatic heterocycles. The SMILES string of the molecule is COCC(NCCCN=C(C)N)c1ccc(-n2cc3cc(-c4cc(CCC(C)(C)CN)cc(Cl)c4F)[nH]c3nc2=O)cc1. The van der Waals surface area contributed by atoms with Crippen LogP contribution in [0.5, 0.6) is 0 Å². The molecule has 11 heteroatoms. The summed E-state index contributed by atoms with van der Waals surface area (Å²) in [6.45, 7) is 8.43. The van der Waals surface area contributed by atoms with Crippen LogP contribution < -0.4 is 22.5 Å². The predicted molar refractivity (Wildman–Crippen MR) is 173 cm³/mol. The molecule has 0 saturated heterocycles. The van der Waals surface area contributed by atoms with Gasteiger partial charge < -0.3 is 26.5 Å². The van der Waals surface area contributed by atoms with Gasteiger partial charge >= 0.3 is 5.69 Å². The number of nitrogens with two attached hydrogens (primary N) is 2. The second kappa shape index (κ2) is 14.3. The van der Waals surface area contributed by atoms with Crippen LogP contribution in [0.1, 0.15) is 50.8 Å². The third kappa shape index (κ3) is 8.29. The first-order valence-corrected chi connectivity index (χ1v) is 14.8. The fraction of sp³-hybridized carbons (Fsp3) is 0.406. The van der Waals surface area contributed by atoms with Crippen LogP contribution in [-0.4, -0.2) is 53.7 Å². The Bertz CT molecular complexity index is 1630. The van der Waals surface area contributed by atoms with Crippen molar-refractivity contribution in [3.63, 3.8) is 0 Å². The van der Waals surface area contributed by atoms with Gasteiger partial charge in [0, 0.05) is 30.8 Å². The minimum Gasteiger partial charge on any atom is -0.388 e. The standard InChI is InChI=1S/C32H41ClFN7O2/c1-20(36)37-12-5-13-38-28(18-43-4)22-6-8-24(9-7-22)41-17-23-16-27(39-30(23)40-31(41)42)25-14-21(15-26(33)29(25)34)10-11-32(2,3)19-35/h6-9,14-17,28,38H,5,10-13,18-19,35H2,1-4H3,(H2,36,37)(H,39,40,42). The Labute approximate surface area is 256 Å². The van der Waals surface area contributed by atoms with E-state index in [1.807, 2.05) is 24.3 Å². The minimum absolute atomic E-state index is 0.0228. The molecule has 2 aromatic carbocycles. The number of fused-ring (bicyclic) bond motifs is 1. The van der Waals surface area contributed by atoms with Gasteiger partial charge in [0.25, 0.3) is 0 Å². The van der Waals surface area contributed by atoms with E-state index < -0.39 is 11.5 Å². The average Bonchev–Trinajstić information content (AvgIpc) is 3.39.